The van der Waals surface area contributed by atoms with Crippen molar-refractivity contribution in [3.8, 4) is 0 Å². The summed E-state index contributed by atoms with van der Waals surface area (Å²) in [7, 11) is 0.388. The molecule has 1 aliphatic carbocycles. The van der Waals surface area contributed by atoms with Crippen LogP contribution in [-0.4, -0.2) is 18.0 Å². The lowest BCUT2D eigenvalue weighted by atomic mass is 10.0. The summed E-state index contributed by atoms with van der Waals surface area (Å²) >= 11 is 0. The molecule has 2 aliphatic rings. The molecule has 0 radical (unpaired) electrons. The molecular weight excluding hydrogens is 259 g/mol. The van der Waals surface area contributed by atoms with Gasteiger partial charge in [-0.05, 0) is 43.7 Å². The minimum Gasteiger partial charge on any atom is -0.104 e. The van der Waals surface area contributed by atoms with Crippen LogP contribution in [0.3, 0.4) is 0 Å². The van der Waals surface area contributed by atoms with Crippen molar-refractivity contribution in [1.29, 1.82) is 0 Å². The molecule has 0 atom stereocenters. The third-order valence-corrected chi connectivity index (χ3v) is 8.81. The van der Waals surface area contributed by atoms with E-state index in [4.69, 9.17) is 0 Å². The van der Waals surface area contributed by atoms with E-state index in [1.54, 1.807) is 50.8 Å². The van der Waals surface area contributed by atoms with Gasteiger partial charge in [0.15, 0.2) is 0 Å². The summed E-state index contributed by atoms with van der Waals surface area (Å²) in [5.74, 6) is 0. The number of rotatable bonds is 1. The van der Waals surface area contributed by atoms with Crippen LogP contribution in [0.4, 0.5) is 0 Å². The van der Waals surface area contributed by atoms with Crippen molar-refractivity contribution in [2.75, 3.05) is 12.3 Å². The molecule has 0 amide bonds. The van der Waals surface area contributed by atoms with Gasteiger partial charge in [-0.2, -0.15) is 0 Å². The van der Waals surface area contributed by atoms with Gasteiger partial charge in [-0.25, -0.2) is 0 Å². The van der Waals surface area contributed by atoms with E-state index in [0.717, 1.165) is 5.66 Å². The van der Waals surface area contributed by atoms with E-state index in [1.807, 2.05) is 0 Å². The first kappa shape index (κ1) is 16.8. The van der Waals surface area contributed by atoms with Crippen molar-refractivity contribution in [1.82, 2.24) is 0 Å². The Hall–Kier alpha value is 0.430. The van der Waals surface area contributed by atoms with Crippen LogP contribution >= 0.6 is 7.92 Å². The average molecular weight is 296 g/mol. The maximum Gasteiger partial charge on any atom is -0.0209 e. The van der Waals surface area contributed by atoms with E-state index >= 15 is 0 Å². The van der Waals surface area contributed by atoms with Crippen molar-refractivity contribution in [2.45, 2.75) is 108 Å². The van der Waals surface area contributed by atoms with Crippen LogP contribution in [0, 0.1) is 0 Å². The summed E-state index contributed by atoms with van der Waals surface area (Å²) in [5.41, 5.74) is 1.16. The highest BCUT2D eigenvalue weighted by Crippen LogP contribution is 2.48. The molecule has 0 aromatic rings. The topological polar surface area (TPSA) is 0 Å². The fraction of sp³-hybridized carbons (Fsp3) is 1.00. The quantitative estimate of drug-likeness (QED) is 0.452. The summed E-state index contributed by atoms with van der Waals surface area (Å²) in [6.07, 6.45) is 27.9. The first-order valence-corrected chi connectivity index (χ1v) is 11.5. The third-order valence-electron chi connectivity index (χ3n) is 5.48. The monoisotopic (exact) mass is 296 g/mol. The maximum atomic E-state index is 1.62. The zero-order valence-corrected chi connectivity index (χ0v) is 14.6. The van der Waals surface area contributed by atoms with Crippen LogP contribution < -0.4 is 0 Å². The SMILES string of the molecule is C1CCCCC(P2CCCCCCCCC2)CCCC1. The molecule has 0 nitrogen and oxygen atoms in total. The third kappa shape index (κ3) is 6.93. The summed E-state index contributed by atoms with van der Waals surface area (Å²) in [6.45, 7) is 0. The highest BCUT2D eigenvalue weighted by Gasteiger charge is 2.20. The van der Waals surface area contributed by atoms with Crippen molar-refractivity contribution in [2.24, 2.45) is 0 Å². The highest BCUT2D eigenvalue weighted by molar-refractivity contribution is 7.58. The Morgan fingerprint density at radius 2 is 0.750 bits per heavy atom. The lowest BCUT2D eigenvalue weighted by Gasteiger charge is -2.29. The Kier molecular flexibility index (Phi) is 9.29. The zero-order valence-electron chi connectivity index (χ0n) is 13.8. The molecule has 1 aliphatic heterocycles. The second kappa shape index (κ2) is 11.1. The van der Waals surface area contributed by atoms with Gasteiger partial charge in [0.2, 0.25) is 0 Å². The van der Waals surface area contributed by atoms with E-state index < -0.39 is 0 Å². The molecule has 0 N–H and O–H groups in total. The maximum absolute atomic E-state index is 1.62. The number of hydrogen-bond donors (Lipinski definition) is 0. The van der Waals surface area contributed by atoms with E-state index in [0.29, 0.717) is 7.92 Å². The Labute approximate surface area is 129 Å². The average Bonchev–Trinajstić information content (AvgIpc) is 2.50. The molecule has 1 heterocycles. The predicted octanol–water partition coefficient (Wildman–Crippen LogP) is 7.11. The normalized spacial score (nSPS) is 27.0. The Morgan fingerprint density at radius 3 is 1.20 bits per heavy atom. The van der Waals surface area contributed by atoms with Gasteiger partial charge in [0.25, 0.3) is 0 Å². The Morgan fingerprint density at radius 1 is 0.400 bits per heavy atom. The van der Waals surface area contributed by atoms with Crippen molar-refractivity contribution >= 4 is 7.92 Å². The largest absolute Gasteiger partial charge is 0.104 e. The van der Waals surface area contributed by atoms with E-state index in [9.17, 15) is 0 Å². The Balaban J connectivity index is 1.81. The minimum atomic E-state index is 0.388. The smallest absolute Gasteiger partial charge is 0.0209 e. The zero-order chi connectivity index (χ0) is 13.9. The van der Waals surface area contributed by atoms with Gasteiger partial charge in [-0.15, -0.1) is 7.92 Å². The first-order chi connectivity index (χ1) is 9.97. The van der Waals surface area contributed by atoms with E-state index in [1.165, 1.54) is 64.2 Å². The van der Waals surface area contributed by atoms with Gasteiger partial charge in [0.05, 0.1) is 0 Å². The van der Waals surface area contributed by atoms with Gasteiger partial charge in [-0.1, -0.05) is 77.0 Å². The van der Waals surface area contributed by atoms with Gasteiger partial charge in [0.1, 0.15) is 0 Å². The minimum absolute atomic E-state index is 0.388. The van der Waals surface area contributed by atoms with Crippen LogP contribution in [0.15, 0.2) is 0 Å². The van der Waals surface area contributed by atoms with Gasteiger partial charge < -0.3 is 0 Å². The standard InChI is InChI=1S/C19H37P/c1-3-7-11-15-19(16-12-8-4-1)20-17-13-9-5-2-6-10-14-18-20/h19H,1-18H2. The molecule has 0 aromatic carbocycles. The molecule has 1 saturated heterocycles. The summed E-state index contributed by atoms with van der Waals surface area (Å²) in [4.78, 5) is 0. The van der Waals surface area contributed by atoms with Crippen LogP contribution in [0.5, 0.6) is 0 Å². The van der Waals surface area contributed by atoms with Crippen molar-refractivity contribution in [3.05, 3.63) is 0 Å². The fourth-order valence-corrected chi connectivity index (χ4v) is 7.45. The van der Waals surface area contributed by atoms with Crippen molar-refractivity contribution < 1.29 is 0 Å². The molecular formula is C19H37P. The molecule has 118 valence electrons. The summed E-state index contributed by atoms with van der Waals surface area (Å²) < 4.78 is 0. The first-order valence-electron chi connectivity index (χ1n) is 9.71. The fourth-order valence-electron chi connectivity index (χ4n) is 4.14. The van der Waals surface area contributed by atoms with E-state index in [2.05, 4.69) is 0 Å². The molecule has 0 aromatic heterocycles. The van der Waals surface area contributed by atoms with Gasteiger partial charge in [0, 0.05) is 0 Å². The van der Waals surface area contributed by atoms with E-state index in [-0.39, 0.29) is 0 Å². The van der Waals surface area contributed by atoms with Crippen molar-refractivity contribution in [3.63, 3.8) is 0 Å². The molecule has 20 heavy (non-hydrogen) atoms. The lowest BCUT2D eigenvalue weighted by Crippen LogP contribution is -2.12. The molecule has 1 saturated carbocycles. The number of hydrogen-bond acceptors (Lipinski definition) is 0. The van der Waals surface area contributed by atoms with Gasteiger partial charge >= 0.3 is 0 Å². The molecule has 2 fully saturated rings. The van der Waals surface area contributed by atoms with Crippen LogP contribution in [0.2, 0.25) is 0 Å². The molecule has 0 bridgehead atoms. The van der Waals surface area contributed by atoms with Crippen LogP contribution in [-0.2, 0) is 0 Å². The lowest BCUT2D eigenvalue weighted by molar-refractivity contribution is 0.506. The molecule has 1 heteroatoms. The molecule has 0 spiro atoms. The highest BCUT2D eigenvalue weighted by atomic mass is 31.1. The summed E-state index contributed by atoms with van der Waals surface area (Å²) in [6, 6.07) is 0. The van der Waals surface area contributed by atoms with Crippen LogP contribution in [0.25, 0.3) is 0 Å². The molecule has 2 rings (SSSR count). The Bertz CT molecular complexity index is 182. The van der Waals surface area contributed by atoms with Gasteiger partial charge in [-0.3, -0.25) is 0 Å². The predicted molar refractivity (Wildman–Crippen MR) is 94.3 cm³/mol. The molecule has 0 unspecified atom stereocenters. The summed E-state index contributed by atoms with van der Waals surface area (Å²) in [5, 5.41) is 0. The second-order valence-corrected chi connectivity index (χ2v) is 10.0. The van der Waals surface area contributed by atoms with Crippen LogP contribution in [0.1, 0.15) is 103 Å². The second-order valence-electron chi connectivity index (χ2n) is 7.22.